The van der Waals surface area contributed by atoms with Crippen LogP contribution >= 0.6 is 0 Å². The zero-order valence-electron chi connectivity index (χ0n) is 21.8. The quantitative estimate of drug-likeness (QED) is 0.352. The van der Waals surface area contributed by atoms with Crippen LogP contribution in [-0.2, 0) is 21.2 Å². The van der Waals surface area contributed by atoms with E-state index in [1.54, 1.807) is 36.4 Å². The molecule has 37 heavy (non-hydrogen) atoms. The molecule has 0 saturated carbocycles. The Balaban J connectivity index is 1.61. The minimum atomic E-state index is -3.64. The van der Waals surface area contributed by atoms with Crippen molar-refractivity contribution in [2.75, 3.05) is 23.7 Å². The fourth-order valence-electron chi connectivity index (χ4n) is 3.84. The Morgan fingerprint density at radius 2 is 1.24 bits per heavy atom. The number of sulfonamides is 1. The maximum absolute atomic E-state index is 13.2. The van der Waals surface area contributed by atoms with Crippen molar-refractivity contribution >= 4 is 33.2 Å². The van der Waals surface area contributed by atoms with Gasteiger partial charge in [0.15, 0.2) is 0 Å². The number of rotatable bonds is 11. The number of nitrogens with zero attached hydrogens (tertiary/aromatic N) is 1. The molecule has 0 aliphatic heterocycles. The predicted molar refractivity (Wildman–Crippen MR) is 148 cm³/mol. The summed E-state index contributed by atoms with van der Waals surface area (Å²) in [5, 5.41) is 5.62. The molecule has 0 aliphatic rings. The Morgan fingerprint density at radius 3 is 1.78 bits per heavy atom. The molecule has 3 aromatic rings. The number of benzene rings is 3. The summed E-state index contributed by atoms with van der Waals surface area (Å²) in [4.78, 5) is 25.1. The average Bonchev–Trinajstić information content (AvgIpc) is 2.84. The second-order valence-electron chi connectivity index (χ2n) is 9.88. The number of anilines is 2. The van der Waals surface area contributed by atoms with E-state index in [0.717, 1.165) is 5.56 Å². The number of hydrogen-bond acceptors (Lipinski definition) is 4. The van der Waals surface area contributed by atoms with Crippen LogP contribution in [0.15, 0.2) is 83.8 Å². The lowest BCUT2D eigenvalue weighted by molar-refractivity contribution is -0.115. The molecule has 0 saturated heterocycles. The summed E-state index contributed by atoms with van der Waals surface area (Å²) in [5.41, 5.74) is 2.42. The van der Waals surface area contributed by atoms with Crippen molar-refractivity contribution in [2.24, 2.45) is 11.8 Å². The zero-order chi connectivity index (χ0) is 27.0. The van der Waals surface area contributed by atoms with E-state index in [1.165, 1.54) is 16.4 Å². The molecule has 0 heterocycles. The van der Waals surface area contributed by atoms with Crippen molar-refractivity contribution in [3.63, 3.8) is 0 Å². The van der Waals surface area contributed by atoms with Crippen molar-refractivity contribution in [3.05, 3.63) is 90.0 Å². The third-order valence-corrected chi connectivity index (χ3v) is 7.37. The maximum Gasteiger partial charge on any atom is 0.255 e. The van der Waals surface area contributed by atoms with Gasteiger partial charge in [-0.2, -0.15) is 4.31 Å². The highest BCUT2D eigenvalue weighted by Crippen LogP contribution is 2.21. The molecule has 0 atom stereocenters. The summed E-state index contributed by atoms with van der Waals surface area (Å²) in [7, 11) is -3.64. The van der Waals surface area contributed by atoms with Gasteiger partial charge in [-0.1, -0.05) is 58.0 Å². The second-order valence-corrected chi connectivity index (χ2v) is 11.8. The smallest absolute Gasteiger partial charge is 0.255 e. The van der Waals surface area contributed by atoms with E-state index < -0.39 is 10.0 Å². The molecular formula is C29H35N3O4S. The van der Waals surface area contributed by atoms with Crippen LogP contribution in [0.3, 0.4) is 0 Å². The summed E-state index contributed by atoms with van der Waals surface area (Å²) >= 11 is 0. The summed E-state index contributed by atoms with van der Waals surface area (Å²) < 4.78 is 27.9. The molecule has 0 unspecified atom stereocenters. The van der Waals surface area contributed by atoms with Gasteiger partial charge in [0.25, 0.3) is 5.91 Å². The number of hydrogen-bond donors (Lipinski definition) is 2. The lowest BCUT2D eigenvalue weighted by Gasteiger charge is -2.25. The van der Waals surface area contributed by atoms with Crippen LogP contribution in [0.5, 0.6) is 0 Å². The van der Waals surface area contributed by atoms with Crippen LogP contribution in [0.25, 0.3) is 0 Å². The largest absolute Gasteiger partial charge is 0.326 e. The molecule has 2 N–H and O–H groups in total. The molecule has 8 heteroatoms. The van der Waals surface area contributed by atoms with Crippen molar-refractivity contribution < 1.29 is 18.0 Å². The topological polar surface area (TPSA) is 95.6 Å². The molecule has 196 valence electrons. The number of nitrogens with one attached hydrogen (secondary N) is 2. The van der Waals surface area contributed by atoms with Crippen LogP contribution in [-0.4, -0.2) is 37.6 Å². The maximum atomic E-state index is 13.2. The van der Waals surface area contributed by atoms with E-state index in [2.05, 4.69) is 10.6 Å². The molecule has 0 aromatic heterocycles. The average molecular weight is 522 g/mol. The number of amides is 2. The first-order valence-electron chi connectivity index (χ1n) is 12.4. The molecule has 2 amide bonds. The van der Waals surface area contributed by atoms with Crippen molar-refractivity contribution in [3.8, 4) is 0 Å². The standard InChI is InChI=1S/C29H35N3O4S/c1-21(2)19-32(20-22(3)4)37(35,36)27-16-14-26(15-17-27)31-29(34)24-10-12-25(13-11-24)30-28(33)18-23-8-6-5-7-9-23/h5-17,21-22H,18-20H2,1-4H3,(H,30,33)(H,31,34). The van der Waals surface area contributed by atoms with E-state index in [9.17, 15) is 18.0 Å². The van der Waals surface area contributed by atoms with Gasteiger partial charge in [0.05, 0.1) is 11.3 Å². The van der Waals surface area contributed by atoms with Gasteiger partial charge >= 0.3 is 0 Å². The van der Waals surface area contributed by atoms with Gasteiger partial charge in [-0.25, -0.2) is 8.42 Å². The Bertz CT molecular complexity index is 1280. The highest BCUT2D eigenvalue weighted by Gasteiger charge is 2.25. The molecule has 0 spiro atoms. The summed E-state index contributed by atoms with van der Waals surface area (Å²) in [6, 6.07) is 22.3. The lowest BCUT2D eigenvalue weighted by atomic mass is 10.1. The van der Waals surface area contributed by atoms with Gasteiger partial charge in [0.2, 0.25) is 15.9 Å². The second kappa shape index (κ2) is 12.7. The van der Waals surface area contributed by atoms with Crippen molar-refractivity contribution in [2.45, 2.75) is 39.0 Å². The fourth-order valence-corrected chi connectivity index (χ4v) is 5.61. The molecule has 0 aliphatic carbocycles. The first-order chi connectivity index (χ1) is 17.5. The molecule has 0 bridgehead atoms. The molecule has 7 nitrogen and oxygen atoms in total. The predicted octanol–water partition coefficient (Wildman–Crippen LogP) is 5.42. The monoisotopic (exact) mass is 521 g/mol. The van der Waals surface area contributed by atoms with Crippen LogP contribution in [0, 0.1) is 11.8 Å². The van der Waals surface area contributed by atoms with E-state index in [0.29, 0.717) is 30.0 Å². The van der Waals surface area contributed by atoms with Gasteiger partial charge in [-0.15, -0.1) is 0 Å². The fraction of sp³-hybridized carbons (Fsp3) is 0.310. The van der Waals surface area contributed by atoms with Gasteiger partial charge in [-0.05, 0) is 65.9 Å². The highest BCUT2D eigenvalue weighted by atomic mass is 32.2. The minimum Gasteiger partial charge on any atom is -0.326 e. The van der Waals surface area contributed by atoms with E-state index in [-0.39, 0.29) is 35.0 Å². The SMILES string of the molecule is CC(C)CN(CC(C)C)S(=O)(=O)c1ccc(NC(=O)c2ccc(NC(=O)Cc3ccccc3)cc2)cc1. The van der Waals surface area contributed by atoms with Gasteiger partial charge in [-0.3, -0.25) is 9.59 Å². The molecule has 3 aromatic carbocycles. The Kier molecular flexibility index (Phi) is 9.60. The van der Waals surface area contributed by atoms with Crippen LogP contribution in [0.4, 0.5) is 11.4 Å². The molecule has 3 rings (SSSR count). The third kappa shape index (κ3) is 8.27. The van der Waals surface area contributed by atoms with Crippen LogP contribution < -0.4 is 10.6 Å². The van der Waals surface area contributed by atoms with Crippen molar-refractivity contribution in [1.29, 1.82) is 0 Å². The van der Waals surface area contributed by atoms with Crippen LogP contribution in [0.2, 0.25) is 0 Å². The molecule has 0 radical (unpaired) electrons. The zero-order valence-corrected chi connectivity index (χ0v) is 22.6. The van der Waals surface area contributed by atoms with E-state index in [1.807, 2.05) is 58.0 Å². The van der Waals surface area contributed by atoms with Gasteiger partial charge in [0, 0.05) is 30.0 Å². The van der Waals surface area contributed by atoms with E-state index >= 15 is 0 Å². The Hall–Kier alpha value is -3.49. The normalized spacial score (nSPS) is 11.6. The summed E-state index contributed by atoms with van der Waals surface area (Å²) in [6.07, 6.45) is 0.265. The number of carbonyl (C=O) groups is 2. The Morgan fingerprint density at radius 1 is 0.730 bits per heavy atom. The third-order valence-electron chi connectivity index (χ3n) is 5.53. The number of carbonyl (C=O) groups excluding carboxylic acids is 2. The van der Waals surface area contributed by atoms with Gasteiger partial charge in [0.1, 0.15) is 0 Å². The van der Waals surface area contributed by atoms with Crippen molar-refractivity contribution in [1.82, 2.24) is 4.31 Å². The first-order valence-corrected chi connectivity index (χ1v) is 13.8. The van der Waals surface area contributed by atoms with Gasteiger partial charge < -0.3 is 10.6 Å². The van der Waals surface area contributed by atoms with Crippen LogP contribution in [0.1, 0.15) is 43.6 Å². The summed E-state index contributed by atoms with van der Waals surface area (Å²) in [6.45, 7) is 8.86. The van der Waals surface area contributed by atoms with E-state index in [4.69, 9.17) is 0 Å². The molecule has 0 fully saturated rings. The minimum absolute atomic E-state index is 0.140. The summed E-state index contributed by atoms with van der Waals surface area (Å²) in [5.74, 6) is -0.0656. The first kappa shape index (κ1) is 28.1. The highest BCUT2D eigenvalue weighted by molar-refractivity contribution is 7.89. The Labute approximate surface area is 220 Å². The molecular weight excluding hydrogens is 486 g/mol. The lowest BCUT2D eigenvalue weighted by Crippen LogP contribution is -2.37.